The van der Waals surface area contributed by atoms with Gasteiger partial charge in [-0.2, -0.15) is 0 Å². The summed E-state index contributed by atoms with van der Waals surface area (Å²) in [7, 11) is 0. The van der Waals surface area contributed by atoms with Crippen molar-refractivity contribution in [1.82, 2.24) is 10.2 Å². The van der Waals surface area contributed by atoms with Crippen LogP contribution in [-0.4, -0.2) is 42.8 Å². The van der Waals surface area contributed by atoms with Crippen LogP contribution in [-0.2, 0) is 4.74 Å². The summed E-state index contributed by atoms with van der Waals surface area (Å²) in [5.41, 5.74) is -0.0510. The Morgan fingerprint density at radius 3 is 2.60 bits per heavy atom. The largest absolute Gasteiger partial charge is 0.447 e. The Balaban J connectivity index is 1.84. The second-order valence-electron chi connectivity index (χ2n) is 5.18. The normalized spacial score (nSPS) is 25.7. The van der Waals surface area contributed by atoms with Crippen LogP contribution in [0.5, 0.6) is 0 Å². The molecular formula is C11H20N2O2. The summed E-state index contributed by atoms with van der Waals surface area (Å²) in [6.45, 7) is 8.34. The molecule has 86 valence electrons. The molecule has 1 spiro atoms. The number of carbonyl (C=O) groups excluding carboxylic acids is 1. The van der Waals surface area contributed by atoms with E-state index in [1.807, 2.05) is 0 Å². The number of hydrogen-bond acceptors (Lipinski definition) is 3. The Morgan fingerprint density at radius 2 is 2.13 bits per heavy atom. The van der Waals surface area contributed by atoms with Crippen molar-refractivity contribution in [2.24, 2.45) is 5.92 Å². The zero-order valence-electron chi connectivity index (χ0n) is 9.58. The molecule has 0 aromatic carbocycles. The van der Waals surface area contributed by atoms with Gasteiger partial charge in [0.05, 0.1) is 5.54 Å². The molecule has 0 aromatic heterocycles. The van der Waals surface area contributed by atoms with E-state index in [1.165, 1.54) is 0 Å². The topological polar surface area (TPSA) is 41.6 Å². The molecule has 2 rings (SSSR count). The van der Waals surface area contributed by atoms with Gasteiger partial charge in [-0.1, -0.05) is 13.8 Å². The number of rotatable bonds is 2. The van der Waals surface area contributed by atoms with E-state index in [4.69, 9.17) is 4.74 Å². The number of carbonyl (C=O) groups is 1. The molecule has 15 heavy (non-hydrogen) atoms. The van der Waals surface area contributed by atoms with Crippen LogP contribution in [0.1, 0.15) is 26.7 Å². The average molecular weight is 212 g/mol. The lowest BCUT2D eigenvalue weighted by atomic mass is 9.89. The molecule has 0 radical (unpaired) electrons. The fraction of sp³-hybridized carbons (Fsp3) is 0.909. The molecule has 1 N–H and O–H groups in total. The van der Waals surface area contributed by atoms with Gasteiger partial charge in [-0.3, -0.25) is 0 Å². The van der Waals surface area contributed by atoms with Crippen molar-refractivity contribution in [1.29, 1.82) is 0 Å². The molecule has 0 unspecified atom stereocenters. The van der Waals surface area contributed by atoms with Crippen LogP contribution in [0.25, 0.3) is 0 Å². The fourth-order valence-electron chi connectivity index (χ4n) is 2.44. The number of piperidine rings is 1. The third kappa shape index (κ3) is 2.43. The Hall–Kier alpha value is -0.770. The summed E-state index contributed by atoms with van der Waals surface area (Å²) in [5, 5.41) is 2.96. The third-order valence-corrected chi connectivity index (χ3v) is 3.28. The molecule has 2 heterocycles. The minimum Gasteiger partial charge on any atom is -0.447 e. The lowest BCUT2D eigenvalue weighted by Gasteiger charge is -2.38. The lowest BCUT2D eigenvalue weighted by molar-refractivity contribution is 0.120. The van der Waals surface area contributed by atoms with Crippen LogP contribution >= 0.6 is 0 Å². The number of nitrogens with zero attached hydrogens (tertiary/aromatic N) is 1. The zero-order chi connectivity index (χ0) is 10.9. The Kier molecular flexibility index (Phi) is 2.87. The van der Waals surface area contributed by atoms with Gasteiger partial charge in [-0.05, 0) is 18.8 Å². The van der Waals surface area contributed by atoms with E-state index < -0.39 is 0 Å². The Bertz CT molecular complexity index is 245. The average Bonchev–Trinajstić information content (AvgIpc) is 2.52. The maximum absolute atomic E-state index is 11.0. The van der Waals surface area contributed by atoms with Crippen LogP contribution in [0.3, 0.4) is 0 Å². The van der Waals surface area contributed by atoms with Crippen LogP contribution in [0.15, 0.2) is 0 Å². The number of likely N-dealkylation sites (tertiary alicyclic amines) is 1. The second kappa shape index (κ2) is 4.00. The highest BCUT2D eigenvalue weighted by molar-refractivity contribution is 5.70. The Labute approximate surface area is 91.0 Å². The van der Waals surface area contributed by atoms with Gasteiger partial charge >= 0.3 is 6.09 Å². The summed E-state index contributed by atoms with van der Waals surface area (Å²) >= 11 is 0. The van der Waals surface area contributed by atoms with Crippen molar-refractivity contribution in [2.45, 2.75) is 32.2 Å². The van der Waals surface area contributed by atoms with Gasteiger partial charge in [0.1, 0.15) is 6.61 Å². The van der Waals surface area contributed by atoms with E-state index >= 15 is 0 Å². The molecule has 0 atom stereocenters. The number of amides is 1. The van der Waals surface area contributed by atoms with Gasteiger partial charge in [-0.15, -0.1) is 0 Å². The summed E-state index contributed by atoms with van der Waals surface area (Å²) < 4.78 is 4.99. The zero-order valence-corrected chi connectivity index (χ0v) is 9.58. The predicted molar refractivity (Wildman–Crippen MR) is 57.7 cm³/mol. The minimum absolute atomic E-state index is 0.0510. The maximum atomic E-state index is 11.0. The van der Waals surface area contributed by atoms with Gasteiger partial charge in [0.25, 0.3) is 0 Å². The van der Waals surface area contributed by atoms with E-state index in [2.05, 4.69) is 24.1 Å². The van der Waals surface area contributed by atoms with Crippen LogP contribution < -0.4 is 5.32 Å². The van der Waals surface area contributed by atoms with E-state index in [0.717, 1.165) is 32.5 Å². The number of hydrogen-bond donors (Lipinski definition) is 1. The molecule has 0 bridgehead atoms. The molecule has 0 aliphatic carbocycles. The van der Waals surface area contributed by atoms with Gasteiger partial charge in [0.2, 0.25) is 0 Å². The van der Waals surface area contributed by atoms with Gasteiger partial charge in [0, 0.05) is 19.6 Å². The first kappa shape index (κ1) is 10.7. The highest BCUT2D eigenvalue weighted by Crippen LogP contribution is 2.26. The molecule has 2 fully saturated rings. The van der Waals surface area contributed by atoms with Crippen LogP contribution in [0.2, 0.25) is 0 Å². The van der Waals surface area contributed by atoms with E-state index in [9.17, 15) is 4.79 Å². The van der Waals surface area contributed by atoms with Crippen molar-refractivity contribution in [3.05, 3.63) is 0 Å². The highest BCUT2D eigenvalue weighted by atomic mass is 16.6. The molecule has 1 amide bonds. The molecule has 2 aliphatic heterocycles. The van der Waals surface area contributed by atoms with Crippen LogP contribution in [0.4, 0.5) is 4.79 Å². The summed E-state index contributed by atoms with van der Waals surface area (Å²) in [6.07, 6.45) is 1.80. The van der Waals surface area contributed by atoms with Crippen molar-refractivity contribution >= 4 is 6.09 Å². The number of nitrogens with one attached hydrogen (secondary N) is 1. The van der Waals surface area contributed by atoms with Crippen molar-refractivity contribution in [3.8, 4) is 0 Å². The SMILES string of the molecule is CC(C)CN1CCC2(CC1)COC(=O)N2. The quantitative estimate of drug-likeness (QED) is 0.748. The Morgan fingerprint density at radius 1 is 1.47 bits per heavy atom. The molecule has 0 saturated carbocycles. The van der Waals surface area contributed by atoms with Crippen molar-refractivity contribution in [2.75, 3.05) is 26.2 Å². The van der Waals surface area contributed by atoms with E-state index in [0.29, 0.717) is 12.5 Å². The minimum atomic E-state index is -0.243. The molecule has 2 saturated heterocycles. The van der Waals surface area contributed by atoms with Gasteiger partial charge < -0.3 is 15.0 Å². The monoisotopic (exact) mass is 212 g/mol. The molecular weight excluding hydrogens is 192 g/mol. The summed E-state index contributed by atoms with van der Waals surface area (Å²) in [5.74, 6) is 0.716. The fourth-order valence-corrected chi connectivity index (χ4v) is 2.44. The first-order chi connectivity index (χ1) is 7.10. The second-order valence-corrected chi connectivity index (χ2v) is 5.18. The highest BCUT2D eigenvalue weighted by Gasteiger charge is 2.41. The van der Waals surface area contributed by atoms with E-state index in [1.54, 1.807) is 0 Å². The van der Waals surface area contributed by atoms with Crippen LogP contribution in [0, 0.1) is 5.92 Å². The summed E-state index contributed by atoms with van der Waals surface area (Å²) in [4.78, 5) is 13.5. The number of cyclic esters (lactones) is 1. The number of alkyl carbamates (subject to hydrolysis) is 1. The standard InChI is InChI=1S/C11H20N2O2/c1-9(2)7-13-5-3-11(4-6-13)8-15-10(14)12-11/h9H,3-8H2,1-2H3,(H,12,14). The molecule has 0 aromatic rings. The third-order valence-electron chi connectivity index (χ3n) is 3.28. The van der Waals surface area contributed by atoms with Crippen molar-refractivity contribution in [3.63, 3.8) is 0 Å². The maximum Gasteiger partial charge on any atom is 0.407 e. The van der Waals surface area contributed by atoms with Gasteiger partial charge in [0.15, 0.2) is 0 Å². The van der Waals surface area contributed by atoms with Crippen molar-refractivity contribution < 1.29 is 9.53 Å². The molecule has 2 aliphatic rings. The molecule has 4 nitrogen and oxygen atoms in total. The number of ether oxygens (including phenoxy) is 1. The first-order valence-corrected chi connectivity index (χ1v) is 5.77. The summed E-state index contributed by atoms with van der Waals surface area (Å²) in [6, 6.07) is 0. The van der Waals surface area contributed by atoms with Gasteiger partial charge in [-0.25, -0.2) is 4.79 Å². The van der Waals surface area contributed by atoms with E-state index in [-0.39, 0.29) is 11.6 Å². The smallest absolute Gasteiger partial charge is 0.407 e. The molecule has 4 heteroatoms. The lowest BCUT2D eigenvalue weighted by Crippen LogP contribution is -2.52. The predicted octanol–water partition coefficient (Wildman–Crippen LogP) is 1.22. The first-order valence-electron chi connectivity index (χ1n) is 5.77.